The first-order valence-electron chi connectivity index (χ1n) is 4.17. The van der Waals surface area contributed by atoms with Gasteiger partial charge in [-0.1, -0.05) is 0 Å². The molecule has 15 heavy (non-hydrogen) atoms. The van der Waals surface area contributed by atoms with Crippen LogP contribution in [-0.2, 0) is 4.74 Å². The van der Waals surface area contributed by atoms with E-state index in [1.54, 1.807) is 15.9 Å². The van der Waals surface area contributed by atoms with Gasteiger partial charge in [0.15, 0.2) is 5.69 Å². The summed E-state index contributed by atoms with van der Waals surface area (Å²) in [6.07, 6.45) is 1.50. The summed E-state index contributed by atoms with van der Waals surface area (Å²) in [4.78, 5) is 15.2. The molecule has 0 saturated carbocycles. The number of hydrogen-bond donors (Lipinski definition) is 1. The number of hydrogen-bond acceptors (Lipinski definition) is 5. The number of nitrogen functional groups attached to an aromatic ring is 1. The maximum atomic E-state index is 11.2. The number of methoxy groups -OCH3 is 1. The maximum Gasteiger partial charge on any atom is 0.360 e. The number of ether oxygens (including phenoxy) is 1. The van der Waals surface area contributed by atoms with Gasteiger partial charge in [-0.2, -0.15) is 11.3 Å². The normalized spacial score (nSPS) is 10.2. The molecule has 5 nitrogen and oxygen atoms in total. The molecule has 2 N–H and O–H groups in total. The third-order valence-electron chi connectivity index (χ3n) is 1.97. The molecule has 2 rings (SSSR count). The van der Waals surface area contributed by atoms with Crippen LogP contribution in [0.4, 0.5) is 5.82 Å². The lowest BCUT2D eigenvalue weighted by molar-refractivity contribution is 0.0596. The van der Waals surface area contributed by atoms with Crippen molar-refractivity contribution in [3.8, 4) is 5.69 Å². The standard InChI is InChI=1S/C9H9N3O2S/c1-14-9(13)7-8(10)12(5-11-7)6-2-3-15-4-6/h2-5H,10H2,1H3. The summed E-state index contributed by atoms with van der Waals surface area (Å²) in [6, 6.07) is 1.89. The van der Waals surface area contributed by atoms with Crippen LogP contribution in [0.3, 0.4) is 0 Å². The fourth-order valence-corrected chi connectivity index (χ4v) is 1.84. The molecule has 0 spiro atoms. The Morgan fingerprint density at radius 2 is 2.47 bits per heavy atom. The Balaban J connectivity index is 2.45. The van der Waals surface area contributed by atoms with Gasteiger partial charge < -0.3 is 10.5 Å². The molecule has 0 aliphatic heterocycles. The van der Waals surface area contributed by atoms with Gasteiger partial charge >= 0.3 is 5.97 Å². The molecule has 0 aliphatic carbocycles. The van der Waals surface area contributed by atoms with Crippen LogP contribution in [0, 0.1) is 0 Å². The lowest BCUT2D eigenvalue weighted by Crippen LogP contribution is -2.07. The minimum atomic E-state index is -0.526. The predicted molar refractivity (Wildman–Crippen MR) is 57.2 cm³/mol. The molecule has 0 saturated heterocycles. The second-order valence-electron chi connectivity index (χ2n) is 2.82. The number of carbonyl (C=O) groups excluding carboxylic acids is 1. The Labute approximate surface area is 90.1 Å². The average molecular weight is 223 g/mol. The molecule has 0 bridgehead atoms. The molecule has 0 amide bonds. The zero-order valence-corrected chi connectivity index (χ0v) is 8.82. The Morgan fingerprint density at radius 1 is 1.67 bits per heavy atom. The van der Waals surface area contributed by atoms with Crippen LogP contribution in [0.2, 0.25) is 0 Å². The van der Waals surface area contributed by atoms with Crippen LogP contribution in [0.5, 0.6) is 0 Å². The first-order valence-corrected chi connectivity index (χ1v) is 5.12. The Morgan fingerprint density at radius 3 is 3.07 bits per heavy atom. The number of carbonyl (C=O) groups is 1. The van der Waals surface area contributed by atoms with Crippen molar-refractivity contribution in [2.75, 3.05) is 12.8 Å². The van der Waals surface area contributed by atoms with Gasteiger partial charge in [0.05, 0.1) is 12.8 Å². The van der Waals surface area contributed by atoms with E-state index in [9.17, 15) is 4.79 Å². The molecule has 0 radical (unpaired) electrons. The van der Waals surface area contributed by atoms with Gasteiger partial charge in [0.1, 0.15) is 12.1 Å². The second-order valence-corrected chi connectivity index (χ2v) is 3.60. The smallest absolute Gasteiger partial charge is 0.360 e. The highest BCUT2D eigenvalue weighted by atomic mass is 32.1. The minimum absolute atomic E-state index is 0.142. The average Bonchev–Trinajstić information content (AvgIpc) is 2.85. The second kappa shape index (κ2) is 3.74. The predicted octanol–water partition coefficient (Wildman–Crippen LogP) is 1.30. The number of anilines is 1. The van der Waals surface area contributed by atoms with Crippen LogP contribution in [-0.4, -0.2) is 22.6 Å². The molecule has 0 aromatic carbocycles. The van der Waals surface area contributed by atoms with Gasteiger partial charge in [0.25, 0.3) is 0 Å². The molecule has 2 heterocycles. The zero-order chi connectivity index (χ0) is 10.8. The number of nitrogens with zero attached hydrogens (tertiary/aromatic N) is 2. The maximum absolute atomic E-state index is 11.2. The van der Waals surface area contributed by atoms with Crippen molar-refractivity contribution in [2.24, 2.45) is 0 Å². The molecule has 0 fully saturated rings. The molecular weight excluding hydrogens is 214 g/mol. The molecule has 2 aromatic rings. The fourth-order valence-electron chi connectivity index (χ4n) is 1.21. The monoisotopic (exact) mass is 223 g/mol. The van der Waals surface area contributed by atoms with E-state index in [-0.39, 0.29) is 5.69 Å². The molecule has 0 atom stereocenters. The molecule has 6 heteroatoms. The van der Waals surface area contributed by atoms with E-state index in [0.29, 0.717) is 5.82 Å². The van der Waals surface area contributed by atoms with Crippen LogP contribution >= 0.6 is 11.3 Å². The van der Waals surface area contributed by atoms with Crippen LogP contribution in [0.1, 0.15) is 10.5 Å². The number of nitrogens with two attached hydrogens (primary N) is 1. The SMILES string of the molecule is COC(=O)c1ncn(-c2ccsc2)c1N. The molecule has 2 aromatic heterocycles. The lowest BCUT2D eigenvalue weighted by Gasteiger charge is -2.01. The van der Waals surface area contributed by atoms with Gasteiger partial charge in [-0.15, -0.1) is 0 Å². The largest absolute Gasteiger partial charge is 0.464 e. The van der Waals surface area contributed by atoms with Gasteiger partial charge in [-0.05, 0) is 11.4 Å². The number of aromatic nitrogens is 2. The first-order chi connectivity index (χ1) is 7.24. The van der Waals surface area contributed by atoms with E-state index in [0.717, 1.165) is 5.69 Å². The van der Waals surface area contributed by atoms with E-state index in [2.05, 4.69) is 9.72 Å². The van der Waals surface area contributed by atoms with Crippen molar-refractivity contribution in [2.45, 2.75) is 0 Å². The van der Waals surface area contributed by atoms with E-state index in [1.807, 2.05) is 16.8 Å². The quantitative estimate of drug-likeness (QED) is 0.779. The minimum Gasteiger partial charge on any atom is -0.464 e. The van der Waals surface area contributed by atoms with E-state index in [1.165, 1.54) is 13.4 Å². The molecule has 0 aliphatic rings. The molecule has 0 unspecified atom stereocenters. The summed E-state index contributed by atoms with van der Waals surface area (Å²) in [5.41, 5.74) is 6.81. The summed E-state index contributed by atoms with van der Waals surface area (Å²) in [6.45, 7) is 0. The molecule has 78 valence electrons. The third-order valence-corrected chi connectivity index (χ3v) is 2.64. The van der Waals surface area contributed by atoms with E-state index in [4.69, 9.17) is 5.73 Å². The van der Waals surface area contributed by atoms with Crippen molar-refractivity contribution < 1.29 is 9.53 Å². The number of thiophene rings is 1. The topological polar surface area (TPSA) is 70.1 Å². The van der Waals surface area contributed by atoms with Gasteiger partial charge in [0.2, 0.25) is 0 Å². The van der Waals surface area contributed by atoms with Crippen molar-refractivity contribution in [3.63, 3.8) is 0 Å². The summed E-state index contributed by atoms with van der Waals surface area (Å²) >= 11 is 1.55. The Kier molecular flexibility index (Phi) is 2.42. The van der Waals surface area contributed by atoms with Crippen molar-refractivity contribution in [1.82, 2.24) is 9.55 Å². The highest BCUT2D eigenvalue weighted by Gasteiger charge is 2.16. The number of esters is 1. The fraction of sp³-hybridized carbons (Fsp3) is 0.111. The lowest BCUT2D eigenvalue weighted by atomic mass is 10.4. The van der Waals surface area contributed by atoms with Crippen molar-refractivity contribution in [3.05, 3.63) is 28.8 Å². The van der Waals surface area contributed by atoms with Crippen LogP contribution in [0.15, 0.2) is 23.2 Å². The summed E-state index contributed by atoms with van der Waals surface area (Å²) < 4.78 is 6.20. The van der Waals surface area contributed by atoms with Gasteiger partial charge in [-0.25, -0.2) is 9.78 Å². The highest BCUT2D eigenvalue weighted by Crippen LogP contribution is 2.19. The zero-order valence-electron chi connectivity index (χ0n) is 8.01. The van der Waals surface area contributed by atoms with Crippen molar-refractivity contribution >= 4 is 23.1 Å². The molecular formula is C9H9N3O2S. The summed E-state index contributed by atoms with van der Waals surface area (Å²) in [5.74, 6) is -0.235. The number of rotatable bonds is 2. The van der Waals surface area contributed by atoms with E-state index < -0.39 is 5.97 Å². The highest BCUT2D eigenvalue weighted by molar-refractivity contribution is 7.08. The van der Waals surface area contributed by atoms with Crippen LogP contribution < -0.4 is 5.73 Å². The Hall–Kier alpha value is -1.82. The van der Waals surface area contributed by atoms with Crippen molar-refractivity contribution in [1.29, 1.82) is 0 Å². The third kappa shape index (κ3) is 1.59. The van der Waals surface area contributed by atoms with Crippen LogP contribution in [0.25, 0.3) is 5.69 Å². The first kappa shape index (κ1) is 9.72. The van der Waals surface area contributed by atoms with Gasteiger partial charge in [0, 0.05) is 5.38 Å². The Bertz CT molecular complexity index is 476. The van der Waals surface area contributed by atoms with Gasteiger partial charge in [-0.3, -0.25) is 4.57 Å². The summed E-state index contributed by atoms with van der Waals surface area (Å²) in [7, 11) is 1.30. The van der Waals surface area contributed by atoms with E-state index >= 15 is 0 Å². The summed E-state index contributed by atoms with van der Waals surface area (Å²) in [5, 5.41) is 3.84. The number of imidazole rings is 1.